The van der Waals surface area contributed by atoms with Crippen LogP contribution in [0.15, 0.2) is 54.6 Å². The molecule has 92 valence electrons. The van der Waals surface area contributed by atoms with Crippen LogP contribution in [-0.4, -0.2) is 6.03 Å². The first kappa shape index (κ1) is 12.1. The van der Waals surface area contributed by atoms with Crippen molar-refractivity contribution in [2.24, 2.45) is 11.7 Å². The third-order valence-corrected chi connectivity index (χ3v) is 2.59. The van der Waals surface area contributed by atoms with Crippen molar-refractivity contribution in [3.63, 3.8) is 0 Å². The molecule has 0 fully saturated rings. The number of nitrogens with zero attached hydrogens (tertiary/aromatic N) is 1. The Balaban J connectivity index is 2.23. The summed E-state index contributed by atoms with van der Waals surface area (Å²) in [7, 11) is 0. The van der Waals surface area contributed by atoms with Gasteiger partial charge in [0, 0.05) is 0 Å². The van der Waals surface area contributed by atoms with Crippen molar-refractivity contribution >= 4 is 11.7 Å². The van der Waals surface area contributed by atoms with E-state index in [1.807, 2.05) is 47.9 Å². The smallest absolute Gasteiger partial charge is 0.274 e. The summed E-state index contributed by atoms with van der Waals surface area (Å²) in [5.41, 5.74) is 4.70. The van der Waals surface area contributed by atoms with Crippen molar-refractivity contribution in [1.29, 1.82) is 0 Å². The molecular formula is C13H14N4O. The van der Waals surface area contributed by atoms with Gasteiger partial charge in [0.15, 0.2) is 0 Å². The summed E-state index contributed by atoms with van der Waals surface area (Å²) >= 11 is 0. The monoisotopic (exact) mass is 242 g/mol. The molecule has 18 heavy (non-hydrogen) atoms. The van der Waals surface area contributed by atoms with Crippen molar-refractivity contribution in [3.8, 4) is 11.1 Å². The van der Waals surface area contributed by atoms with Crippen molar-refractivity contribution in [3.05, 3.63) is 54.6 Å². The highest BCUT2D eigenvalue weighted by atomic mass is 16.2. The predicted octanol–water partition coefficient (Wildman–Crippen LogP) is 1.62. The number of nitrogens with two attached hydrogens (primary N) is 2. The number of benzene rings is 2. The first-order chi connectivity index (χ1) is 8.72. The van der Waals surface area contributed by atoms with Gasteiger partial charge in [-0.3, -0.25) is 5.43 Å². The topological polar surface area (TPSA) is 84.4 Å². The van der Waals surface area contributed by atoms with Gasteiger partial charge in [-0.1, -0.05) is 42.5 Å². The molecule has 0 aliphatic carbocycles. The van der Waals surface area contributed by atoms with Gasteiger partial charge in [0.2, 0.25) is 0 Å². The summed E-state index contributed by atoms with van der Waals surface area (Å²) in [5.74, 6) is 10.6. The molecule has 0 aromatic heterocycles. The number of amides is 2. The Labute approximate surface area is 105 Å². The highest BCUT2D eigenvalue weighted by Crippen LogP contribution is 2.21. The molecule has 0 aliphatic rings. The van der Waals surface area contributed by atoms with Crippen LogP contribution in [0.3, 0.4) is 0 Å². The van der Waals surface area contributed by atoms with Gasteiger partial charge in [-0.25, -0.2) is 21.5 Å². The SMILES string of the molecule is NNC(=O)N(N)c1ccc(-c2ccccc2)cc1. The van der Waals surface area contributed by atoms with Gasteiger partial charge in [-0.05, 0) is 23.3 Å². The van der Waals surface area contributed by atoms with E-state index in [0.717, 1.165) is 16.1 Å². The average Bonchev–Trinajstić information content (AvgIpc) is 2.47. The van der Waals surface area contributed by atoms with Gasteiger partial charge in [-0.2, -0.15) is 0 Å². The number of hydrogen-bond donors (Lipinski definition) is 3. The number of rotatable bonds is 2. The van der Waals surface area contributed by atoms with E-state index in [1.165, 1.54) is 0 Å². The summed E-state index contributed by atoms with van der Waals surface area (Å²) in [6, 6.07) is 16.7. The van der Waals surface area contributed by atoms with Crippen molar-refractivity contribution in [2.75, 3.05) is 5.01 Å². The molecule has 2 aromatic rings. The largest absolute Gasteiger partial charge is 0.350 e. The minimum Gasteiger partial charge on any atom is -0.274 e. The lowest BCUT2D eigenvalue weighted by atomic mass is 10.1. The molecule has 5 nitrogen and oxygen atoms in total. The van der Waals surface area contributed by atoms with Crippen LogP contribution in [0.5, 0.6) is 0 Å². The molecule has 5 N–H and O–H groups in total. The van der Waals surface area contributed by atoms with E-state index in [0.29, 0.717) is 5.69 Å². The fourth-order valence-electron chi connectivity index (χ4n) is 1.63. The van der Waals surface area contributed by atoms with Gasteiger partial charge in [0.05, 0.1) is 5.69 Å². The zero-order valence-electron chi connectivity index (χ0n) is 9.71. The first-order valence-electron chi connectivity index (χ1n) is 5.43. The van der Waals surface area contributed by atoms with Crippen LogP contribution in [0.1, 0.15) is 0 Å². The van der Waals surface area contributed by atoms with Crippen LogP contribution in [-0.2, 0) is 0 Å². The summed E-state index contributed by atoms with van der Waals surface area (Å²) in [6.07, 6.45) is 0. The van der Waals surface area contributed by atoms with E-state index in [1.54, 1.807) is 12.1 Å². The fraction of sp³-hybridized carbons (Fsp3) is 0. The summed E-state index contributed by atoms with van der Waals surface area (Å²) in [4.78, 5) is 11.2. The molecule has 2 amide bonds. The zero-order chi connectivity index (χ0) is 13.0. The molecule has 0 radical (unpaired) electrons. The van der Waals surface area contributed by atoms with Gasteiger partial charge in [0.25, 0.3) is 0 Å². The van der Waals surface area contributed by atoms with Gasteiger partial charge >= 0.3 is 6.03 Å². The fourth-order valence-corrected chi connectivity index (χ4v) is 1.63. The molecule has 0 unspecified atom stereocenters. The Bertz CT molecular complexity index is 524. The average molecular weight is 242 g/mol. The van der Waals surface area contributed by atoms with E-state index in [2.05, 4.69) is 0 Å². The van der Waals surface area contributed by atoms with Crippen LogP contribution in [0.2, 0.25) is 0 Å². The zero-order valence-corrected chi connectivity index (χ0v) is 9.71. The van der Waals surface area contributed by atoms with Gasteiger partial charge < -0.3 is 0 Å². The maximum absolute atomic E-state index is 11.2. The number of hydrogen-bond acceptors (Lipinski definition) is 3. The van der Waals surface area contributed by atoms with Crippen LogP contribution < -0.4 is 22.1 Å². The van der Waals surface area contributed by atoms with Gasteiger partial charge in [0.1, 0.15) is 0 Å². The molecule has 2 aromatic carbocycles. The molecule has 0 aliphatic heterocycles. The van der Waals surface area contributed by atoms with Crippen LogP contribution in [0, 0.1) is 0 Å². The molecule has 5 heteroatoms. The molecule has 0 saturated carbocycles. The Morgan fingerprint density at radius 3 is 2.06 bits per heavy atom. The third-order valence-electron chi connectivity index (χ3n) is 2.59. The minimum atomic E-state index is -0.567. The quantitative estimate of drug-likeness (QED) is 0.425. The number of carbonyl (C=O) groups is 1. The second-order valence-electron chi connectivity index (χ2n) is 3.73. The maximum Gasteiger partial charge on any atom is 0.350 e. The standard InChI is InChI=1S/C13H14N4O/c14-16-13(18)17(15)12-8-6-11(7-9-12)10-4-2-1-3-5-10/h1-9H,14-15H2,(H,16,18). The van der Waals surface area contributed by atoms with Gasteiger partial charge in [-0.15, -0.1) is 0 Å². The Hall–Kier alpha value is -2.37. The highest BCUT2D eigenvalue weighted by molar-refractivity contribution is 5.90. The normalized spacial score (nSPS) is 9.89. The second-order valence-corrected chi connectivity index (χ2v) is 3.73. The molecular weight excluding hydrogens is 228 g/mol. The Kier molecular flexibility index (Phi) is 3.57. The Morgan fingerprint density at radius 1 is 0.944 bits per heavy atom. The molecule has 0 saturated heterocycles. The third kappa shape index (κ3) is 2.48. The molecule has 0 spiro atoms. The van der Waals surface area contributed by atoms with Crippen LogP contribution >= 0.6 is 0 Å². The summed E-state index contributed by atoms with van der Waals surface area (Å²) in [6.45, 7) is 0. The summed E-state index contributed by atoms with van der Waals surface area (Å²) < 4.78 is 0. The van der Waals surface area contributed by atoms with Crippen molar-refractivity contribution in [2.45, 2.75) is 0 Å². The van der Waals surface area contributed by atoms with E-state index in [4.69, 9.17) is 11.7 Å². The summed E-state index contributed by atoms with van der Waals surface area (Å²) in [5, 5.41) is 0.953. The highest BCUT2D eigenvalue weighted by Gasteiger charge is 2.09. The molecule has 0 atom stereocenters. The van der Waals surface area contributed by atoms with Crippen LogP contribution in [0.25, 0.3) is 11.1 Å². The second kappa shape index (κ2) is 5.31. The van der Waals surface area contributed by atoms with Crippen molar-refractivity contribution < 1.29 is 4.79 Å². The predicted molar refractivity (Wildman–Crippen MR) is 71.3 cm³/mol. The lowest BCUT2D eigenvalue weighted by Crippen LogP contribution is -2.47. The molecule has 0 heterocycles. The first-order valence-corrected chi connectivity index (χ1v) is 5.43. The Morgan fingerprint density at radius 2 is 1.50 bits per heavy atom. The number of anilines is 1. The lowest BCUT2D eigenvalue weighted by molar-refractivity contribution is 0.246. The number of carbonyl (C=O) groups excluding carboxylic acids is 1. The van der Waals surface area contributed by atoms with E-state index >= 15 is 0 Å². The van der Waals surface area contributed by atoms with E-state index < -0.39 is 6.03 Å². The number of urea groups is 1. The minimum absolute atomic E-state index is 0.567. The molecule has 0 bridgehead atoms. The van der Waals surface area contributed by atoms with Crippen LogP contribution in [0.4, 0.5) is 10.5 Å². The maximum atomic E-state index is 11.2. The van der Waals surface area contributed by atoms with Crippen molar-refractivity contribution in [1.82, 2.24) is 5.43 Å². The van der Waals surface area contributed by atoms with E-state index in [9.17, 15) is 4.79 Å². The lowest BCUT2D eigenvalue weighted by Gasteiger charge is -2.15. The molecule has 2 rings (SSSR count). The number of nitrogens with one attached hydrogen (secondary N) is 1. The van der Waals surface area contributed by atoms with E-state index in [-0.39, 0.29) is 0 Å². The number of hydrazine groups is 2.